The molecule has 0 saturated heterocycles. The molecule has 1 aromatic heterocycles. The molecule has 2 aromatic rings. The molecule has 0 unspecified atom stereocenters. The predicted octanol–water partition coefficient (Wildman–Crippen LogP) is -0.0804. The van der Waals surface area contributed by atoms with E-state index in [0.717, 1.165) is 12.1 Å². The molecule has 0 aliphatic rings. The molecule has 158 valence electrons. The van der Waals surface area contributed by atoms with Gasteiger partial charge in [0.2, 0.25) is 21.9 Å². The standard InChI is InChI=1S/C14H16ClN5O7S2/c1-27-12-8-11(15)17-13(18-12)19-14(22)20-29(25,26)10-5-3-2-4-9(10)28(23,24)16-6-7-21/h2-5,8,16,21H,6-7H2,1H3,(H2,17,18,19,20,22). The Morgan fingerprint density at radius 3 is 2.34 bits per heavy atom. The van der Waals surface area contributed by atoms with Crippen molar-refractivity contribution < 1.29 is 31.5 Å². The van der Waals surface area contributed by atoms with Gasteiger partial charge in [0.1, 0.15) is 14.9 Å². The lowest BCUT2D eigenvalue weighted by atomic mass is 10.4. The monoisotopic (exact) mass is 465 g/mol. The number of hydrogen-bond acceptors (Lipinski definition) is 9. The number of carbonyl (C=O) groups excluding carboxylic acids is 1. The van der Waals surface area contributed by atoms with Crippen LogP contribution < -0.4 is 19.5 Å². The van der Waals surface area contributed by atoms with Gasteiger partial charge in [-0.2, -0.15) is 4.98 Å². The van der Waals surface area contributed by atoms with E-state index in [4.69, 9.17) is 21.4 Å². The van der Waals surface area contributed by atoms with Gasteiger partial charge in [0.15, 0.2) is 0 Å². The third-order valence-corrected chi connectivity index (χ3v) is 6.40. The molecule has 0 spiro atoms. The first-order valence-corrected chi connectivity index (χ1v) is 11.1. The maximum absolute atomic E-state index is 12.6. The Balaban J connectivity index is 2.28. The lowest BCUT2D eigenvalue weighted by Gasteiger charge is -2.12. The molecule has 4 N–H and O–H groups in total. The highest BCUT2D eigenvalue weighted by Gasteiger charge is 2.27. The molecule has 1 aromatic carbocycles. The molecule has 0 aliphatic heterocycles. The Bertz CT molecular complexity index is 1110. The topological polar surface area (TPSA) is 177 Å². The summed E-state index contributed by atoms with van der Waals surface area (Å²) in [6.07, 6.45) is 0. The van der Waals surface area contributed by atoms with Crippen molar-refractivity contribution >= 4 is 43.6 Å². The van der Waals surface area contributed by atoms with Crippen LogP contribution in [-0.4, -0.2) is 58.2 Å². The number of sulfonamides is 2. The summed E-state index contributed by atoms with van der Waals surface area (Å²) in [7, 11) is -7.57. The molecule has 2 rings (SSSR count). The van der Waals surface area contributed by atoms with Gasteiger partial charge in [0, 0.05) is 12.6 Å². The van der Waals surface area contributed by atoms with Crippen molar-refractivity contribution in [3.63, 3.8) is 0 Å². The van der Waals surface area contributed by atoms with Crippen LogP contribution in [0.5, 0.6) is 5.88 Å². The number of aliphatic hydroxyl groups is 1. The quantitative estimate of drug-likeness (QED) is 0.388. The number of benzene rings is 1. The molecular formula is C14H16ClN5O7S2. The van der Waals surface area contributed by atoms with Crippen LogP contribution in [0.15, 0.2) is 40.1 Å². The summed E-state index contributed by atoms with van der Waals surface area (Å²) in [5.41, 5.74) is 0. The zero-order chi connectivity index (χ0) is 21.7. The van der Waals surface area contributed by atoms with E-state index in [0.29, 0.717) is 0 Å². The molecule has 2 amide bonds. The average molecular weight is 466 g/mol. The summed E-state index contributed by atoms with van der Waals surface area (Å²) >= 11 is 5.74. The van der Waals surface area contributed by atoms with Crippen molar-refractivity contribution in [2.24, 2.45) is 0 Å². The Morgan fingerprint density at radius 1 is 1.14 bits per heavy atom. The van der Waals surface area contributed by atoms with Crippen LogP contribution in [0, 0.1) is 0 Å². The number of nitrogens with zero attached hydrogens (tertiary/aromatic N) is 2. The molecule has 12 nitrogen and oxygen atoms in total. The maximum Gasteiger partial charge on any atom is 0.335 e. The van der Waals surface area contributed by atoms with E-state index in [2.05, 4.69) is 15.3 Å². The predicted molar refractivity (Wildman–Crippen MR) is 102 cm³/mol. The smallest absolute Gasteiger partial charge is 0.335 e. The SMILES string of the molecule is COc1cc(Cl)nc(NC(=O)NS(=O)(=O)c2ccccc2S(=O)(=O)NCCO)n1. The van der Waals surface area contributed by atoms with Gasteiger partial charge in [-0.05, 0) is 12.1 Å². The fourth-order valence-electron chi connectivity index (χ4n) is 2.01. The first-order valence-electron chi connectivity index (χ1n) is 7.71. The van der Waals surface area contributed by atoms with Crippen LogP contribution >= 0.6 is 11.6 Å². The van der Waals surface area contributed by atoms with Gasteiger partial charge < -0.3 is 9.84 Å². The number of nitrogens with one attached hydrogen (secondary N) is 3. The number of aromatic nitrogens is 2. The highest BCUT2D eigenvalue weighted by atomic mass is 35.5. The minimum absolute atomic E-state index is 0.0227. The number of amides is 2. The summed E-state index contributed by atoms with van der Waals surface area (Å²) in [5.74, 6) is -0.317. The molecule has 0 atom stereocenters. The van der Waals surface area contributed by atoms with Gasteiger partial charge in [-0.1, -0.05) is 23.7 Å². The lowest BCUT2D eigenvalue weighted by molar-refractivity contribution is 0.256. The van der Waals surface area contributed by atoms with Gasteiger partial charge in [-0.25, -0.2) is 36.1 Å². The normalized spacial score (nSPS) is 11.7. The Labute approximate surface area is 171 Å². The molecule has 0 bridgehead atoms. The average Bonchev–Trinajstić information content (AvgIpc) is 2.65. The number of anilines is 1. The molecule has 0 aliphatic carbocycles. The molecular weight excluding hydrogens is 450 g/mol. The first kappa shape index (κ1) is 22.8. The van der Waals surface area contributed by atoms with E-state index < -0.39 is 42.5 Å². The number of urea groups is 1. The molecule has 1 heterocycles. The minimum atomic E-state index is -4.61. The first-order chi connectivity index (χ1) is 13.6. The van der Waals surface area contributed by atoms with Crippen LogP contribution in [0.4, 0.5) is 10.7 Å². The van der Waals surface area contributed by atoms with E-state index in [1.54, 1.807) is 4.72 Å². The second-order valence-electron chi connectivity index (χ2n) is 5.18. The molecule has 29 heavy (non-hydrogen) atoms. The number of methoxy groups -OCH3 is 1. The third-order valence-electron chi connectivity index (χ3n) is 3.16. The largest absolute Gasteiger partial charge is 0.481 e. The van der Waals surface area contributed by atoms with Crippen molar-refractivity contribution in [2.45, 2.75) is 9.79 Å². The van der Waals surface area contributed by atoms with Crippen LogP contribution in [0.3, 0.4) is 0 Å². The summed E-state index contributed by atoms with van der Waals surface area (Å²) < 4.78 is 58.2. The van der Waals surface area contributed by atoms with Crippen LogP contribution in [0.25, 0.3) is 0 Å². The van der Waals surface area contributed by atoms with Gasteiger partial charge in [0.05, 0.1) is 13.7 Å². The van der Waals surface area contributed by atoms with Crippen LogP contribution in [0.1, 0.15) is 0 Å². The van der Waals surface area contributed by atoms with Crippen molar-refractivity contribution in [2.75, 3.05) is 25.6 Å². The van der Waals surface area contributed by atoms with Crippen molar-refractivity contribution in [1.82, 2.24) is 19.4 Å². The summed E-state index contributed by atoms with van der Waals surface area (Å²) in [5, 5.41) is 10.8. The third kappa shape index (κ3) is 5.98. The summed E-state index contributed by atoms with van der Waals surface area (Å²) in [6.45, 7) is -0.809. The van der Waals surface area contributed by atoms with E-state index in [1.165, 1.54) is 25.3 Å². The highest BCUT2D eigenvalue weighted by molar-refractivity contribution is 7.93. The Morgan fingerprint density at radius 2 is 1.76 bits per heavy atom. The van der Waals surface area contributed by atoms with E-state index in [1.807, 2.05) is 4.72 Å². The maximum atomic E-state index is 12.6. The van der Waals surface area contributed by atoms with Gasteiger partial charge in [-0.3, -0.25) is 5.32 Å². The second kappa shape index (κ2) is 9.32. The zero-order valence-corrected chi connectivity index (χ0v) is 17.2. The van der Waals surface area contributed by atoms with E-state index >= 15 is 0 Å². The summed E-state index contributed by atoms with van der Waals surface area (Å²) in [6, 6.07) is 4.63. The van der Waals surface area contributed by atoms with E-state index in [9.17, 15) is 21.6 Å². The van der Waals surface area contributed by atoms with Gasteiger partial charge in [0.25, 0.3) is 10.0 Å². The van der Waals surface area contributed by atoms with Crippen LogP contribution in [0.2, 0.25) is 5.15 Å². The lowest BCUT2D eigenvalue weighted by Crippen LogP contribution is -2.36. The molecule has 0 radical (unpaired) electrons. The summed E-state index contributed by atoms with van der Waals surface area (Å²) in [4.78, 5) is 18.3. The zero-order valence-electron chi connectivity index (χ0n) is 14.8. The number of ether oxygens (including phenoxy) is 1. The number of rotatable bonds is 8. The molecule has 15 heteroatoms. The fourth-order valence-corrected chi connectivity index (χ4v) is 4.95. The molecule has 0 saturated carbocycles. The highest BCUT2D eigenvalue weighted by Crippen LogP contribution is 2.21. The van der Waals surface area contributed by atoms with Crippen molar-refractivity contribution in [3.8, 4) is 5.88 Å². The minimum Gasteiger partial charge on any atom is -0.481 e. The number of aliphatic hydroxyl groups excluding tert-OH is 1. The number of carbonyl (C=O) groups is 1. The van der Waals surface area contributed by atoms with Gasteiger partial charge in [-0.15, -0.1) is 0 Å². The Hall–Kier alpha value is -2.52. The Kier molecular flexibility index (Phi) is 7.32. The van der Waals surface area contributed by atoms with Crippen molar-refractivity contribution in [1.29, 1.82) is 0 Å². The second-order valence-corrected chi connectivity index (χ2v) is 8.96. The van der Waals surface area contributed by atoms with Crippen molar-refractivity contribution in [3.05, 3.63) is 35.5 Å². The van der Waals surface area contributed by atoms with Crippen LogP contribution in [-0.2, 0) is 20.0 Å². The van der Waals surface area contributed by atoms with E-state index in [-0.39, 0.29) is 23.5 Å². The van der Waals surface area contributed by atoms with Gasteiger partial charge >= 0.3 is 6.03 Å². The molecule has 0 fully saturated rings. The fraction of sp³-hybridized carbons (Fsp3) is 0.214. The number of hydrogen-bond donors (Lipinski definition) is 4. The number of halogens is 1.